The minimum atomic E-state index is -0.743. The molecule has 7 heteroatoms. The summed E-state index contributed by atoms with van der Waals surface area (Å²) in [5, 5.41) is 12.2. The van der Waals surface area contributed by atoms with Crippen LogP contribution in [0.4, 0.5) is 14.5 Å². The normalized spacial score (nSPS) is 16.9. The van der Waals surface area contributed by atoms with Gasteiger partial charge in [-0.2, -0.15) is 0 Å². The quantitative estimate of drug-likeness (QED) is 0.329. The number of halogens is 2. The van der Waals surface area contributed by atoms with E-state index in [1.54, 1.807) is 41.5 Å². The molecule has 36 heavy (non-hydrogen) atoms. The summed E-state index contributed by atoms with van der Waals surface area (Å²) in [5.41, 5.74) is 2.27. The lowest BCUT2D eigenvalue weighted by molar-refractivity contribution is -0.120. The van der Waals surface area contributed by atoms with Crippen molar-refractivity contribution in [2.45, 2.75) is 65.2 Å². The van der Waals surface area contributed by atoms with E-state index in [0.29, 0.717) is 36.3 Å². The molecule has 0 aromatic heterocycles. The van der Waals surface area contributed by atoms with Gasteiger partial charge in [-0.15, -0.1) is 0 Å². The minimum Gasteiger partial charge on any atom is -0.429 e. The van der Waals surface area contributed by atoms with Crippen LogP contribution in [0.25, 0.3) is 0 Å². The number of hydroxylamine groups is 1. The predicted octanol–water partition coefficient (Wildman–Crippen LogP) is 7.32. The van der Waals surface area contributed by atoms with E-state index in [9.17, 15) is 18.7 Å². The van der Waals surface area contributed by atoms with Gasteiger partial charge in [0.15, 0.2) is 0 Å². The Labute approximate surface area is 212 Å². The van der Waals surface area contributed by atoms with Crippen LogP contribution in [0.1, 0.15) is 70.2 Å². The largest absolute Gasteiger partial charge is 0.429 e. The molecule has 1 heterocycles. The molecule has 0 aliphatic carbocycles. The van der Waals surface area contributed by atoms with Crippen LogP contribution in [0, 0.1) is 11.6 Å². The first-order chi connectivity index (χ1) is 17.5. The fourth-order valence-electron chi connectivity index (χ4n) is 3.70. The van der Waals surface area contributed by atoms with Gasteiger partial charge in [0.05, 0.1) is 11.8 Å². The average molecular weight is 500 g/mol. The number of benzene rings is 3. The molecular weight excluding hydrogens is 464 g/mol. The van der Waals surface area contributed by atoms with Crippen LogP contribution in [-0.4, -0.2) is 17.7 Å². The highest BCUT2D eigenvalue weighted by Gasteiger charge is 2.42. The number of anilines is 1. The number of aliphatic hydroxyl groups excluding tert-OH is 1. The Morgan fingerprint density at radius 1 is 0.944 bits per heavy atom. The van der Waals surface area contributed by atoms with E-state index in [2.05, 4.69) is 13.8 Å². The Kier molecular flexibility index (Phi) is 12.0. The van der Waals surface area contributed by atoms with Gasteiger partial charge in [0.25, 0.3) is 6.47 Å². The number of rotatable bonds is 8. The van der Waals surface area contributed by atoms with Crippen LogP contribution < -0.4 is 9.80 Å². The lowest BCUT2D eigenvalue weighted by atomic mass is 9.92. The van der Waals surface area contributed by atoms with E-state index in [1.807, 2.05) is 26.0 Å². The summed E-state index contributed by atoms with van der Waals surface area (Å²) in [7, 11) is 0. The number of carbonyl (C=O) groups excluding carboxylic acids is 1. The third-order valence-electron chi connectivity index (χ3n) is 5.32. The van der Waals surface area contributed by atoms with Crippen molar-refractivity contribution in [3.8, 4) is 5.75 Å². The van der Waals surface area contributed by atoms with Crippen molar-refractivity contribution in [3.63, 3.8) is 0 Å². The van der Waals surface area contributed by atoms with Crippen LogP contribution in [0.2, 0.25) is 0 Å². The Hall–Kier alpha value is -3.29. The zero-order chi connectivity index (χ0) is 26.5. The number of carbonyl (C=O) groups is 1. The van der Waals surface area contributed by atoms with Gasteiger partial charge >= 0.3 is 0 Å². The number of hydrogen-bond donors (Lipinski definition) is 1. The molecule has 1 fully saturated rings. The molecule has 5 nitrogen and oxygen atoms in total. The van der Waals surface area contributed by atoms with Crippen LogP contribution in [0.5, 0.6) is 5.75 Å². The molecule has 3 atom stereocenters. The van der Waals surface area contributed by atoms with Crippen LogP contribution in [0.3, 0.4) is 0 Å². The van der Waals surface area contributed by atoms with Gasteiger partial charge in [-0.3, -0.25) is 9.63 Å². The van der Waals surface area contributed by atoms with Crippen molar-refractivity contribution in [3.05, 3.63) is 95.6 Å². The maximum Gasteiger partial charge on any atom is 0.298 e. The van der Waals surface area contributed by atoms with Crippen molar-refractivity contribution in [2.24, 2.45) is 0 Å². The predicted molar refractivity (Wildman–Crippen MR) is 138 cm³/mol. The third-order valence-corrected chi connectivity index (χ3v) is 5.32. The second-order valence-corrected chi connectivity index (χ2v) is 8.03. The summed E-state index contributed by atoms with van der Waals surface area (Å²) >= 11 is 0. The second-order valence-electron chi connectivity index (χ2n) is 8.03. The summed E-state index contributed by atoms with van der Waals surface area (Å²) in [6, 6.07) is 18.7. The highest BCUT2D eigenvalue weighted by molar-refractivity contribution is 5.50. The molecule has 3 aromatic carbocycles. The number of ether oxygens (including phenoxy) is 1. The molecule has 2 unspecified atom stereocenters. The van der Waals surface area contributed by atoms with E-state index < -0.39 is 6.10 Å². The van der Waals surface area contributed by atoms with E-state index >= 15 is 0 Å². The highest BCUT2D eigenvalue weighted by atomic mass is 19.1. The zero-order valence-corrected chi connectivity index (χ0v) is 21.2. The number of aliphatic hydroxyl groups is 1. The minimum absolute atomic E-state index is 0.170. The molecule has 1 N–H and O–H groups in total. The summed E-state index contributed by atoms with van der Waals surface area (Å²) < 4.78 is 31.3. The Bertz CT molecular complexity index is 1030. The van der Waals surface area contributed by atoms with Gasteiger partial charge in [-0.25, -0.2) is 13.8 Å². The first kappa shape index (κ1) is 28.9. The second kappa shape index (κ2) is 15.0. The fraction of sp³-hybridized carbons (Fsp3) is 0.345. The Morgan fingerprint density at radius 2 is 1.47 bits per heavy atom. The van der Waals surface area contributed by atoms with Gasteiger partial charge in [0, 0.05) is 0 Å². The molecule has 1 aliphatic rings. The molecule has 0 radical (unpaired) electrons. The summed E-state index contributed by atoms with van der Waals surface area (Å²) in [6.45, 7) is 8.62. The third kappa shape index (κ3) is 7.86. The van der Waals surface area contributed by atoms with Gasteiger partial charge < -0.3 is 9.84 Å². The van der Waals surface area contributed by atoms with Crippen molar-refractivity contribution in [1.29, 1.82) is 0 Å². The van der Waals surface area contributed by atoms with Crippen molar-refractivity contribution in [2.75, 3.05) is 5.06 Å². The van der Waals surface area contributed by atoms with E-state index in [0.717, 1.165) is 5.56 Å². The molecule has 194 valence electrons. The molecule has 3 aromatic rings. The van der Waals surface area contributed by atoms with Gasteiger partial charge in [-0.1, -0.05) is 58.4 Å². The van der Waals surface area contributed by atoms with Gasteiger partial charge in [0.1, 0.15) is 29.5 Å². The summed E-state index contributed by atoms with van der Waals surface area (Å²) in [4.78, 5) is 16.5. The molecule has 0 bridgehead atoms. The molecule has 1 saturated heterocycles. The van der Waals surface area contributed by atoms with Crippen LogP contribution in [-0.2, 0) is 9.63 Å². The van der Waals surface area contributed by atoms with Crippen molar-refractivity contribution >= 4 is 12.2 Å². The SMILES string of the molecule is CC.CCC.O=COc1ccc(C2[C@@H](CCC(O)c3ccc(F)cc3)ON2c2ccc(F)cc2)cc1. The molecule has 0 saturated carbocycles. The molecular formula is C29H35F2NO4. The number of nitrogens with zero attached hydrogens (tertiary/aromatic N) is 1. The standard InChI is InChI=1S/C24H21F2NO4.C3H8.C2H6/c25-18-5-1-16(2-6-18)22(29)13-14-23-24(17-3-11-21(12-4-17)30-15-28)27(31-23)20-9-7-19(26)8-10-20;1-3-2;1-2/h1-12,15,22-24,29H,13-14H2;3H2,1-2H3;1-2H3/t22?,23-,24?;;/m1../s1. The van der Waals surface area contributed by atoms with Gasteiger partial charge in [-0.05, 0) is 72.5 Å². The monoisotopic (exact) mass is 499 g/mol. The van der Waals surface area contributed by atoms with E-state index in [1.165, 1.54) is 30.7 Å². The first-order valence-electron chi connectivity index (χ1n) is 12.3. The maximum atomic E-state index is 13.3. The molecule has 0 spiro atoms. The molecule has 0 amide bonds. The summed E-state index contributed by atoms with van der Waals surface area (Å²) in [6.07, 6.45) is 1.26. The highest BCUT2D eigenvalue weighted by Crippen LogP contribution is 2.43. The Balaban J connectivity index is 0.000000850. The lowest BCUT2D eigenvalue weighted by Gasteiger charge is -2.48. The van der Waals surface area contributed by atoms with Crippen LogP contribution in [0.15, 0.2) is 72.8 Å². The zero-order valence-electron chi connectivity index (χ0n) is 21.2. The topological polar surface area (TPSA) is 59.0 Å². The number of hydrogen-bond acceptors (Lipinski definition) is 5. The van der Waals surface area contributed by atoms with Gasteiger partial charge in [0.2, 0.25) is 0 Å². The smallest absolute Gasteiger partial charge is 0.298 e. The van der Waals surface area contributed by atoms with Crippen LogP contribution >= 0.6 is 0 Å². The lowest BCUT2D eigenvalue weighted by Crippen LogP contribution is -2.51. The summed E-state index contributed by atoms with van der Waals surface area (Å²) in [5.74, 6) is -0.263. The maximum absolute atomic E-state index is 13.3. The first-order valence-corrected chi connectivity index (χ1v) is 12.3. The van der Waals surface area contributed by atoms with E-state index in [-0.39, 0.29) is 23.8 Å². The molecule has 4 rings (SSSR count). The molecule has 1 aliphatic heterocycles. The fourth-order valence-corrected chi connectivity index (χ4v) is 3.70. The Morgan fingerprint density at radius 3 is 2.00 bits per heavy atom. The van der Waals surface area contributed by atoms with E-state index in [4.69, 9.17) is 9.57 Å². The van der Waals surface area contributed by atoms with Crippen molar-refractivity contribution < 1.29 is 28.3 Å². The average Bonchev–Trinajstić information content (AvgIpc) is 2.88. The van der Waals surface area contributed by atoms with Crippen molar-refractivity contribution in [1.82, 2.24) is 0 Å².